The molecule has 1 saturated carbocycles. The predicted molar refractivity (Wildman–Crippen MR) is 201 cm³/mol. The van der Waals surface area contributed by atoms with E-state index in [0.717, 1.165) is 72.3 Å². The second-order valence-corrected chi connectivity index (χ2v) is 16.1. The summed E-state index contributed by atoms with van der Waals surface area (Å²) in [7, 11) is 0. The normalized spacial score (nSPS) is 19.3. The van der Waals surface area contributed by atoms with Gasteiger partial charge in [0.2, 0.25) is 0 Å². The summed E-state index contributed by atoms with van der Waals surface area (Å²) in [6.07, 6.45) is 8.59. The lowest BCUT2D eigenvalue weighted by Crippen LogP contribution is -2.37. The summed E-state index contributed by atoms with van der Waals surface area (Å²) in [4.78, 5) is 31.1. The maximum absolute atomic E-state index is 13.7. The van der Waals surface area contributed by atoms with Crippen molar-refractivity contribution < 1.29 is 14.3 Å². The molecule has 0 saturated heterocycles. The van der Waals surface area contributed by atoms with Gasteiger partial charge in [0.05, 0.1) is 19.2 Å². The van der Waals surface area contributed by atoms with Gasteiger partial charge in [-0.1, -0.05) is 55.0 Å². The average molecular weight is 717 g/mol. The van der Waals surface area contributed by atoms with Gasteiger partial charge in [0.25, 0.3) is 0 Å². The first-order valence-electron chi connectivity index (χ1n) is 16.4. The smallest absolute Gasteiger partial charge is 0.194 e. The van der Waals surface area contributed by atoms with Crippen molar-refractivity contribution in [3.8, 4) is 33.7 Å². The van der Waals surface area contributed by atoms with Crippen molar-refractivity contribution in [3.63, 3.8) is 0 Å². The Bertz CT molecular complexity index is 2670. The van der Waals surface area contributed by atoms with Crippen LogP contribution in [-0.4, -0.2) is 11.6 Å². The van der Waals surface area contributed by atoms with Crippen molar-refractivity contribution in [2.45, 2.75) is 37.7 Å². The van der Waals surface area contributed by atoms with Gasteiger partial charge in [0, 0.05) is 48.7 Å². The first-order chi connectivity index (χ1) is 24.9. The van der Waals surface area contributed by atoms with Gasteiger partial charge in [-0.25, -0.2) is 0 Å². The van der Waals surface area contributed by atoms with Gasteiger partial charge in [-0.05, 0) is 61.1 Å². The molecule has 9 rings (SSSR count). The minimum atomic E-state index is -0.517. The van der Waals surface area contributed by atoms with Crippen molar-refractivity contribution >= 4 is 78.3 Å². The van der Waals surface area contributed by atoms with Gasteiger partial charge >= 0.3 is 0 Å². The molecular weight excluding hydrogens is 693 g/mol. The van der Waals surface area contributed by atoms with Crippen LogP contribution in [0.2, 0.25) is 0 Å². The molecular formula is C41H24N4O3S3. The fourth-order valence-corrected chi connectivity index (χ4v) is 11.6. The molecule has 7 nitrogen and oxygen atoms in total. The van der Waals surface area contributed by atoms with E-state index in [2.05, 4.69) is 12.1 Å². The van der Waals surface area contributed by atoms with E-state index in [1.807, 2.05) is 54.6 Å². The number of hydrogen-bond acceptors (Lipinski definition) is 10. The maximum atomic E-state index is 13.7. The Hall–Kier alpha value is -5.83. The molecule has 3 aromatic heterocycles. The number of ketones is 2. The molecule has 4 heterocycles. The standard InChI is InChI=1S/C41H24N4O3S3/c42-18-21(19-43)33-24-8-2-4-10-26(24)35(46)28(33)14-22-16-30-38(49-22)40-37(48-41(30)12-6-1-7-13-41)39-32(51-40)17-23(50-39)15-29-34(31(45)20-44)25-9-3-5-11-27(25)36(29)47/h2-5,8-11,14-17H,1,6-7,12-13,45H2/b28-14-,29-15-,34-31-. The van der Waals surface area contributed by atoms with Crippen molar-refractivity contribution in [1.82, 2.24) is 0 Å². The highest BCUT2D eigenvalue weighted by atomic mass is 32.1. The van der Waals surface area contributed by atoms with E-state index in [9.17, 15) is 25.4 Å². The highest BCUT2D eigenvalue weighted by Gasteiger charge is 2.45. The van der Waals surface area contributed by atoms with Gasteiger partial charge < -0.3 is 10.5 Å². The lowest BCUT2D eigenvalue weighted by Gasteiger charge is -2.40. The summed E-state index contributed by atoms with van der Waals surface area (Å²) in [6.45, 7) is 0. The Kier molecular flexibility index (Phi) is 7.10. The Morgan fingerprint density at radius 2 is 1.31 bits per heavy atom. The molecule has 10 heteroatoms. The number of hydrogen-bond donors (Lipinski definition) is 1. The monoisotopic (exact) mass is 716 g/mol. The number of carbonyl (C=O) groups excluding carboxylic acids is 2. The molecule has 0 radical (unpaired) electrons. The highest BCUT2D eigenvalue weighted by molar-refractivity contribution is 7.32. The number of nitrogens with zero attached hydrogens (tertiary/aromatic N) is 3. The lowest BCUT2D eigenvalue weighted by atomic mass is 9.78. The van der Waals surface area contributed by atoms with E-state index in [1.165, 1.54) is 0 Å². The van der Waals surface area contributed by atoms with Crippen LogP contribution in [0, 0.1) is 34.0 Å². The number of thiophene rings is 3. The van der Waals surface area contributed by atoms with Crippen LogP contribution in [0.25, 0.3) is 42.5 Å². The van der Waals surface area contributed by atoms with Crippen LogP contribution in [0.4, 0.5) is 0 Å². The topological polar surface area (TPSA) is 141 Å². The summed E-state index contributed by atoms with van der Waals surface area (Å²) in [5, 5.41) is 29.3. The van der Waals surface area contributed by atoms with Crippen molar-refractivity contribution in [2.24, 2.45) is 5.73 Å². The number of ether oxygens (including phenoxy) is 1. The Balaban J connectivity index is 1.18. The predicted octanol–water partition coefficient (Wildman–Crippen LogP) is 9.80. The van der Waals surface area contributed by atoms with Crippen LogP contribution in [0.5, 0.6) is 5.75 Å². The number of carbonyl (C=O) groups is 2. The number of nitriles is 3. The first kappa shape index (κ1) is 31.2. The van der Waals surface area contributed by atoms with E-state index in [1.54, 1.807) is 58.3 Å². The number of Topliss-reactive ketones (excluding diaryl/α,β-unsaturated/α-hetero) is 2. The molecule has 5 aromatic rings. The number of rotatable bonds is 2. The van der Waals surface area contributed by atoms with Crippen LogP contribution in [0.1, 0.15) is 79.3 Å². The molecule has 0 amide bonds. The van der Waals surface area contributed by atoms with Crippen LogP contribution in [0.15, 0.2) is 83.1 Å². The SMILES string of the molecule is N#CC(C#N)=C1/C(=C/c2cc3c(s2)-c2sc4cc(/C=C5\C(=O)c6ccccc6\C5=C(\N)C#N)sc4c2OC32CCCCC2)C(=O)c2ccccc21. The van der Waals surface area contributed by atoms with E-state index in [4.69, 9.17) is 10.5 Å². The molecule has 2 aromatic carbocycles. The van der Waals surface area contributed by atoms with Gasteiger partial charge in [-0.3, -0.25) is 9.59 Å². The molecule has 2 N–H and O–H groups in total. The average Bonchev–Trinajstić information content (AvgIpc) is 3.95. The van der Waals surface area contributed by atoms with E-state index in [0.29, 0.717) is 44.5 Å². The zero-order valence-electron chi connectivity index (χ0n) is 26.8. The Morgan fingerprint density at radius 1 is 0.725 bits per heavy atom. The molecule has 0 bridgehead atoms. The number of allylic oxidation sites excluding steroid dienone is 6. The summed E-state index contributed by atoms with van der Waals surface area (Å²) in [5.74, 6) is 0.490. The van der Waals surface area contributed by atoms with Crippen molar-refractivity contribution in [1.29, 1.82) is 15.8 Å². The number of benzene rings is 2. The Labute approximate surface area is 304 Å². The third-order valence-corrected chi connectivity index (χ3v) is 13.7. The fraction of sp³-hybridized carbons (Fsp3) is 0.146. The molecule has 3 aliphatic carbocycles. The van der Waals surface area contributed by atoms with E-state index < -0.39 is 5.60 Å². The summed E-state index contributed by atoms with van der Waals surface area (Å²) < 4.78 is 9.14. The van der Waals surface area contributed by atoms with E-state index >= 15 is 0 Å². The summed E-state index contributed by atoms with van der Waals surface area (Å²) in [6, 6.07) is 24.6. The second-order valence-electron chi connectivity index (χ2n) is 12.9. The minimum absolute atomic E-state index is 0.0103. The molecule has 4 aliphatic rings. The quantitative estimate of drug-likeness (QED) is 0.142. The number of nitrogens with two attached hydrogens (primary N) is 1. The van der Waals surface area contributed by atoms with Crippen molar-refractivity contribution in [2.75, 3.05) is 0 Å². The zero-order valence-corrected chi connectivity index (χ0v) is 29.3. The minimum Gasteiger partial charge on any atom is -0.479 e. The summed E-state index contributed by atoms with van der Waals surface area (Å²) >= 11 is 4.79. The van der Waals surface area contributed by atoms with Crippen LogP contribution < -0.4 is 10.5 Å². The molecule has 244 valence electrons. The largest absolute Gasteiger partial charge is 0.479 e. The van der Waals surface area contributed by atoms with Gasteiger partial charge in [0.15, 0.2) is 17.3 Å². The first-order valence-corrected chi connectivity index (χ1v) is 18.9. The van der Waals surface area contributed by atoms with Crippen LogP contribution in [-0.2, 0) is 5.60 Å². The lowest BCUT2D eigenvalue weighted by molar-refractivity contribution is 0.0267. The van der Waals surface area contributed by atoms with Gasteiger partial charge in [0.1, 0.15) is 35.1 Å². The van der Waals surface area contributed by atoms with Crippen LogP contribution >= 0.6 is 34.0 Å². The van der Waals surface area contributed by atoms with E-state index in [-0.39, 0.29) is 22.8 Å². The molecule has 0 unspecified atom stereocenters. The molecule has 1 spiro atoms. The fourth-order valence-electron chi connectivity index (χ4n) is 7.85. The number of fused-ring (bicyclic) bond motifs is 8. The third-order valence-electron chi connectivity index (χ3n) is 10.1. The highest BCUT2D eigenvalue weighted by Crippen LogP contribution is 2.60. The zero-order chi connectivity index (χ0) is 35.0. The third kappa shape index (κ3) is 4.57. The van der Waals surface area contributed by atoms with Gasteiger partial charge in [-0.2, -0.15) is 15.8 Å². The molecule has 1 aliphatic heterocycles. The molecule has 0 atom stereocenters. The molecule has 51 heavy (non-hydrogen) atoms. The Morgan fingerprint density at radius 3 is 1.94 bits per heavy atom. The van der Waals surface area contributed by atoms with Crippen LogP contribution in [0.3, 0.4) is 0 Å². The van der Waals surface area contributed by atoms with Gasteiger partial charge in [-0.15, -0.1) is 34.0 Å². The second kappa shape index (κ2) is 11.6. The maximum Gasteiger partial charge on any atom is 0.194 e. The van der Waals surface area contributed by atoms with Crippen molar-refractivity contribution in [3.05, 3.63) is 121 Å². The molecule has 1 fully saturated rings. The summed E-state index contributed by atoms with van der Waals surface area (Å²) in [5.41, 5.74) is 10.6.